The molecule has 1 aliphatic carbocycles. The summed E-state index contributed by atoms with van der Waals surface area (Å²) >= 11 is 0. The van der Waals surface area contributed by atoms with Gasteiger partial charge in [0.05, 0.1) is 19.1 Å². The van der Waals surface area contributed by atoms with Crippen molar-refractivity contribution in [3.63, 3.8) is 0 Å². The molecule has 1 aromatic rings. The lowest BCUT2D eigenvalue weighted by Crippen LogP contribution is -2.65. The number of imide groups is 1. The lowest BCUT2D eigenvalue weighted by atomic mass is 9.55. The van der Waals surface area contributed by atoms with E-state index in [2.05, 4.69) is 39.2 Å². The number of ether oxygens (including phenoxy) is 1. The molecule has 0 unspecified atom stereocenters. The Morgan fingerprint density at radius 1 is 1.19 bits per heavy atom. The molecule has 8 nitrogen and oxygen atoms in total. The molecule has 1 saturated carbocycles. The summed E-state index contributed by atoms with van der Waals surface area (Å²) in [6.45, 7) is 11.1. The Hall–Kier alpha value is -2.39. The molecule has 3 rings (SSSR count). The molecule has 2 aliphatic rings. The van der Waals surface area contributed by atoms with Crippen molar-refractivity contribution in [2.45, 2.75) is 70.2 Å². The molecule has 1 spiro atoms. The number of amides is 3. The number of benzene rings is 1. The van der Waals surface area contributed by atoms with Crippen molar-refractivity contribution in [1.82, 2.24) is 10.2 Å². The molecule has 1 heterocycles. The SMILES string of the molecule is COc1ccc(CN2C(=O)NC3(CC(CCO[Si](C)(C)C(C)(C)C)(C(=O)O)C3)C2=O)cc1. The number of rotatable bonds is 8. The second-order valence-corrected chi connectivity index (χ2v) is 15.4. The van der Waals surface area contributed by atoms with Gasteiger partial charge < -0.3 is 19.6 Å². The first kappa shape index (κ1) is 24.3. The number of nitrogens with one attached hydrogen (secondary N) is 1. The third-order valence-electron chi connectivity index (χ3n) is 7.33. The number of methoxy groups -OCH3 is 1. The van der Waals surface area contributed by atoms with E-state index < -0.39 is 31.3 Å². The van der Waals surface area contributed by atoms with E-state index in [0.29, 0.717) is 18.8 Å². The van der Waals surface area contributed by atoms with Crippen LogP contribution in [0.15, 0.2) is 24.3 Å². The van der Waals surface area contributed by atoms with Crippen molar-refractivity contribution in [2.24, 2.45) is 5.41 Å². The molecule has 1 aromatic carbocycles. The lowest BCUT2D eigenvalue weighted by molar-refractivity contribution is -0.165. The third kappa shape index (κ3) is 4.28. The van der Waals surface area contributed by atoms with Crippen molar-refractivity contribution in [1.29, 1.82) is 0 Å². The van der Waals surface area contributed by atoms with E-state index in [1.807, 2.05) is 0 Å². The van der Waals surface area contributed by atoms with E-state index in [1.54, 1.807) is 31.4 Å². The van der Waals surface area contributed by atoms with E-state index in [4.69, 9.17) is 9.16 Å². The second kappa shape index (κ2) is 8.19. The Bertz CT molecular complexity index is 900. The van der Waals surface area contributed by atoms with Gasteiger partial charge in [-0.1, -0.05) is 32.9 Å². The van der Waals surface area contributed by atoms with E-state index in [9.17, 15) is 19.5 Å². The topological polar surface area (TPSA) is 105 Å². The van der Waals surface area contributed by atoms with Gasteiger partial charge in [0.25, 0.3) is 5.91 Å². The van der Waals surface area contributed by atoms with Gasteiger partial charge in [0.2, 0.25) is 0 Å². The number of carboxylic acids is 1. The molecule has 1 saturated heterocycles. The summed E-state index contributed by atoms with van der Waals surface area (Å²) in [5, 5.41) is 12.7. The second-order valence-electron chi connectivity index (χ2n) is 10.5. The molecule has 0 atom stereocenters. The Balaban J connectivity index is 1.66. The molecule has 176 valence electrons. The minimum absolute atomic E-state index is 0.0293. The fourth-order valence-corrected chi connectivity index (χ4v) is 5.27. The number of carbonyl (C=O) groups is 3. The number of hydrogen-bond donors (Lipinski definition) is 2. The van der Waals surface area contributed by atoms with Gasteiger partial charge in [-0.2, -0.15) is 0 Å². The highest BCUT2D eigenvalue weighted by Crippen LogP contribution is 2.54. The van der Waals surface area contributed by atoms with Gasteiger partial charge >= 0.3 is 12.0 Å². The largest absolute Gasteiger partial charge is 0.497 e. The van der Waals surface area contributed by atoms with Gasteiger partial charge in [0.1, 0.15) is 11.3 Å². The zero-order valence-electron chi connectivity index (χ0n) is 19.8. The van der Waals surface area contributed by atoms with E-state index in [1.165, 1.54) is 4.90 Å². The number of urea groups is 1. The highest BCUT2D eigenvalue weighted by molar-refractivity contribution is 6.74. The normalized spacial score (nSPS) is 25.6. The van der Waals surface area contributed by atoms with E-state index in [0.717, 1.165) is 5.56 Å². The molecular formula is C23H34N2O6Si. The van der Waals surface area contributed by atoms with E-state index >= 15 is 0 Å². The van der Waals surface area contributed by atoms with Gasteiger partial charge in [0, 0.05) is 6.61 Å². The molecule has 3 amide bonds. The summed E-state index contributed by atoms with van der Waals surface area (Å²) in [6.07, 6.45) is 0.484. The predicted octanol–water partition coefficient (Wildman–Crippen LogP) is 3.76. The Morgan fingerprint density at radius 2 is 1.78 bits per heavy atom. The van der Waals surface area contributed by atoms with Crippen LogP contribution in [0, 0.1) is 5.41 Å². The molecular weight excluding hydrogens is 428 g/mol. The van der Waals surface area contributed by atoms with Crippen LogP contribution >= 0.6 is 0 Å². The Kier molecular flexibility index (Phi) is 6.20. The van der Waals surface area contributed by atoms with Crippen LogP contribution in [-0.2, 0) is 20.6 Å². The highest BCUT2D eigenvalue weighted by Gasteiger charge is 2.67. The Labute approximate surface area is 190 Å². The van der Waals surface area contributed by atoms with Crippen LogP contribution in [0.4, 0.5) is 4.79 Å². The van der Waals surface area contributed by atoms with Crippen LogP contribution in [0.2, 0.25) is 18.1 Å². The highest BCUT2D eigenvalue weighted by atomic mass is 28.4. The number of carboxylic acid groups (broad SMARTS) is 1. The zero-order valence-corrected chi connectivity index (χ0v) is 20.8. The van der Waals surface area contributed by atoms with Gasteiger partial charge in [-0.25, -0.2) is 4.79 Å². The summed E-state index contributed by atoms with van der Waals surface area (Å²) in [5.74, 6) is -0.620. The predicted molar refractivity (Wildman–Crippen MR) is 122 cm³/mol. The third-order valence-corrected chi connectivity index (χ3v) is 11.9. The van der Waals surface area contributed by atoms with Gasteiger partial charge in [-0.05, 0) is 55.1 Å². The van der Waals surface area contributed by atoms with Crippen LogP contribution in [0.25, 0.3) is 0 Å². The summed E-state index contributed by atoms with van der Waals surface area (Å²) in [4.78, 5) is 39.0. The maximum atomic E-state index is 13.1. The minimum Gasteiger partial charge on any atom is -0.497 e. The fraction of sp³-hybridized carbons (Fsp3) is 0.609. The summed E-state index contributed by atoms with van der Waals surface area (Å²) in [6, 6.07) is 6.65. The molecule has 1 aliphatic heterocycles. The molecule has 32 heavy (non-hydrogen) atoms. The van der Waals surface area contributed by atoms with Crippen LogP contribution in [-0.4, -0.2) is 55.5 Å². The molecule has 0 bridgehead atoms. The first-order valence-corrected chi connectivity index (χ1v) is 13.8. The lowest BCUT2D eigenvalue weighted by Gasteiger charge is -2.50. The summed E-state index contributed by atoms with van der Waals surface area (Å²) < 4.78 is 11.3. The molecule has 2 N–H and O–H groups in total. The van der Waals surface area contributed by atoms with Gasteiger partial charge in [-0.3, -0.25) is 14.5 Å². The monoisotopic (exact) mass is 462 g/mol. The first-order valence-electron chi connectivity index (χ1n) is 10.9. The van der Waals surface area contributed by atoms with Crippen LogP contribution in [0.5, 0.6) is 5.75 Å². The quantitative estimate of drug-likeness (QED) is 0.450. The van der Waals surface area contributed by atoms with Crippen LogP contribution in [0.3, 0.4) is 0 Å². The summed E-state index contributed by atoms with van der Waals surface area (Å²) in [7, 11) is -0.432. The fourth-order valence-electron chi connectivity index (χ4n) is 4.23. The van der Waals surface area contributed by atoms with Crippen LogP contribution in [0.1, 0.15) is 45.6 Å². The van der Waals surface area contributed by atoms with Crippen molar-refractivity contribution in [2.75, 3.05) is 13.7 Å². The maximum absolute atomic E-state index is 13.1. The smallest absolute Gasteiger partial charge is 0.325 e. The molecule has 0 aromatic heterocycles. The number of hydrogen-bond acceptors (Lipinski definition) is 5. The zero-order chi connectivity index (χ0) is 23.9. The molecule has 9 heteroatoms. The Morgan fingerprint density at radius 3 is 2.28 bits per heavy atom. The average Bonchev–Trinajstić information content (AvgIpc) is 2.91. The maximum Gasteiger partial charge on any atom is 0.325 e. The number of nitrogens with zero attached hydrogens (tertiary/aromatic N) is 1. The van der Waals surface area contributed by atoms with Gasteiger partial charge in [0.15, 0.2) is 8.32 Å². The first-order chi connectivity index (χ1) is 14.8. The number of aliphatic carboxylic acids is 1. The van der Waals surface area contributed by atoms with Crippen molar-refractivity contribution in [3.8, 4) is 5.75 Å². The van der Waals surface area contributed by atoms with Crippen LogP contribution < -0.4 is 10.1 Å². The standard InChI is InChI=1S/C23H34N2O6Si/c1-21(2,3)32(5,6)31-12-11-22(19(27)28)14-23(15-22)18(26)25(20(29)24-23)13-16-7-9-17(30-4)10-8-16/h7-10H,11-15H2,1-6H3,(H,24,29)(H,27,28). The van der Waals surface area contributed by atoms with Crippen molar-refractivity contribution < 1.29 is 28.7 Å². The summed E-state index contributed by atoms with van der Waals surface area (Å²) in [5.41, 5.74) is -1.42. The van der Waals surface area contributed by atoms with Gasteiger partial charge in [-0.15, -0.1) is 0 Å². The molecule has 0 radical (unpaired) electrons. The van der Waals surface area contributed by atoms with Crippen molar-refractivity contribution in [3.05, 3.63) is 29.8 Å². The van der Waals surface area contributed by atoms with Crippen molar-refractivity contribution >= 4 is 26.2 Å². The van der Waals surface area contributed by atoms with E-state index in [-0.39, 0.29) is 30.3 Å². The molecule has 2 fully saturated rings. The number of carbonyl (C=O) groups excluding carboxylic acids is 2. The minimum atomic E-state index is -2.00. The average molecular weight is 463 g/mol.